The van der Waals surface area contributed by atoms with Gasteiger partial charge in [0.15, 0.2) is 0 Å². The topological polar surface area (TPSA) is 9.23 Å². The molecule has 1 aliphatic heterocycles. The lowest BCUT2D eigenvalue weighted by Crippen LogP contribution is -2.33. The van der Waals surface area contributed by atoms with E-state index in [1.54, 1.807) is 6.26 Å². The summed E-state index contributed by atoms with van der Waals surface area (Å²) in [6.07, 6.45) is 5.76. The summed E-state index contributed by atoms with van der Waals surface area (Å²) in [5, 5.41) is 1.34. The van der Waals surface area contributed by atoms with E-state index in [1.807, 2.05) is 6.08 Å². The molecule has 2 rings (SSSR count). The number of allylic oxidation sites excluding steroid dienone is 2. The van der Waals surface area contributed by atoms with E-state index in [-0.39, 0.29) is 0 Å². The zero-order valence-corrected chi connectivity index (χ0v) is 8.53. The molecule has 65 valence electrons. The summed E-state index contributed by atoms with van der Waals surface area (Å²) in [5.41, 5.74) is 3.48. The van der Waals surface area contributed by atoms with Gasteiger partial charge in [-0.25, -0.2) is 0 Å². The molecule has 0 saturated heterocycles. The highest BCUT2D eigenvalue weighted by molar-refractivity contribution is 6.72. The Morgan fingerprint density at radius 1 is 1.15 bits per heavy atom. The van der Waals surface area contributed by atoms with Crippen LogP contribution in [0.15, 0.2) is 48.4 Å². The van der Waals surface area contributed by atoms with Crippen LogP contribution in [0.5, 0.6) is 0 Å². The van der Waals surface area contributed by atoms with Gasteiger partial charge in [0.05, 0.1) is 6.26 Å². The van der Waals surface area contributed by atoms with Crippen molar-refractivity contribution in [1.29, 1.82) is 0 Å². The second-order valence-electron chi connectivity index (χ2n) is 2.98. The SMILES string of the molecule is Cc1ccccc1[Si]1C=CC=CO1. The van der Waals surface area contributed by atoms with Crippen molar-refractivity contribution in [1.82, 2.24) is 0 Å². The Bertz CT molecular complexity index is 355. The molecule has 0 spiro atoms. The van der Waals surface area contributed by atoms with Gasteiger partial charge in [-0.1, -0.05) is 36.0 Å². The van der Waals surface area contributed by atoms with Crippen LogP contribution in [0, 0.1) is 6.92 Å². The van der Waals surface area contributed by atoms with E-state index in [1.165, 1.54) is 10.8 Å². The van der Waals surface area contributed by atoms with Gasteiger partial charge in [-0.15, -0.1) is 0 Å². The number of rotatable bonds is 1. The summed E-state index contributed by atoms with van der Waals surface area (Å²) in [5.74, 6) is 0. The van der Waals surface area contributed by atoms with Crippen LogP contribution in [0.4, 0.5) is 0 Å². The monoisotopic (exact) mass is 187 g/mol. The van der Waals surface area contributed by atoms with Crippen LogP contribution in [-0.4, -0.2) is 9.04 Å². The lowest BCUT2D eigenvalue weighted by atomic mass is 10.2. The van der Waals surface area contributed by atoms with E-state index in [2.05, 4.69) is 43.0 Å². The molecule has 1 radical (unpaired) electrons. The lowest BCUT2D eigenvalue weighted by Gasteiger charge is -2.13. The van der Waals surface area contributed by atoms with Gasteiger partial charge in [-0.05, 0) is 23.7 Å². The van der Waals surface area contributed by atoms with E-state index in [9.17, 15) is 0 Å². The minimum Gasteiger partial charge on any atom is -0.539 e. The molecule has 0 atom stereocenters. The van der Waals surface area contributed by atoms with E-state index in [4.69, 9.17) is 4.43 Å². The van der Waals surface area contributed by atoms with Gasteiger partial charge in [0.2, 0.25) is 0 Å². The molecule has 1 aromatic carbocycles. The summed E-state index contributed by atoms with van der Waals surface area (Å²) in [7, 11) is -0.923. The standard InChI is InChI=1S/C11H11OSi/c1-10-6-2-3-7-11(10)13-9-5-4-8-12-13/h2-9H,1H3. The van der Waals surface area contributed by atoms with Crippen molar-refractivity contribution >= 4 is 14.2 Å². The average Bonchev–Trinajstić information content (AvgIpc) is 2.20. The summed E-state index contributed by atoms with van der Waals surface area (Å²) in [6.45, 7) is 2.13. The Morgan fingerprint density at radius 3 is 2.69 bits per heavy atom. The maximum atomic E-state index is 5.58. The molecule has 0 N–H and O–H groups in total. The number of aryl methyl sites for hydroxylation is 1. The largest absolute Gasteiger partial charge is 0.539 e. The minimum atomic E-state index is -0.923. The molecule has 0 aliphatic carbocycles. The van der Waals surface area contributed by atoms with Crippen molar-refractivity contribution < 1.29 is 4.43 Å². The molecule has 0 bridgehead atoms. The van der Waals surface area contributed by atoms with Crippen LogP contribution in [-0.2, 0) is 4.43 Å². The summed E-state index contributed by atoms with van der Waals surface area (Å²) >= 11 is 0. The third-order valence-electron chi connectivity index (χ3n) is 2.04. The summed E-state index contributed by atoms with van der Waals surface area (Å²) in [4.78, 5) is 0. The Morgan fingerprint density at radius 2 is 2.00 bits per heavy atom. The molecule has 1 nitrogen and oxygen atoms in total. The first-order valence-corrected chi connectivity index (χ1v) is 5.79. The third-order valence-corrected chi connectivity index (χ3v) is 4.02. The van der Waals surface area contributed by atoms with E-state index >= 15 is 0 Å². The third kappa shape index (κ3) is 1.73. The highest BCUT2D eigenvalue weighted by Gasteiger charge is 2.16. The predicted molar refractivity (Wildman–Crippen MR) is 55.9 cm³/mol. The molecule has 0 unspecified atom stereocenters. The van der Waals surface area contributed by atoms with Crippen molar-refractivity contribution in [2.24, 2.45) is 0 Å². The van der Waals surface area contributed by atoms with Crippen LogP contribution in [0.1, 0.15) is 5.56 Å². The van der Waals surface area contributed by atoms with Gasteiger partial charge in [-0.2, -0.15) is 0 Å². The zero-order valence-electron chi connectivity index (χ0n) is 7.53. The van der Waals surface area contributed by atoms with Crippen molar-refractivity contribution in [3.8, 4) is 0 Å². The van der Waals surface area contributed by atoms with Gasteiger partial charge < -0.3 is 4.43 Å². The molecule has 2 heteroatoms. The summed E-state index contributed by atoms with van der Waals surface area (Å²) in [6, 6.07) is 8.40. The molecule has 0 saturated carbocycles. The van der Waals surface area contributed by atoms with Gasteiger partial charge in [0.25, 0.3) is 0 Å². The van der Waals surface area contributed by atoms with E-state index < -0.39 is 9.04 Å². The second-order valence-corrected chi connectivity index (χ2v) is 4.82. The number of hydrogen-bond acceptors (Lipinski definition) is 1. The van der Waals surface area contributed by atoms with Crippen molar-refractivity contribution in [3.63, 3.8) is 0 Å². The quantitative estimate of drug-likeness (QED) is 0.609. The Hall–Kier alpha value is -1.28. The molecular formula is C11H11OSi. The number of hydrogen-bond donors (Lipinski definition) is 0. The Labute approximate surface area is 80.1 Å². The van der Waals surface area contributed by atoms with Crippen LogP contribution in [0.2, 0.25) is 0 Å². The van der Waals surface area contributed by atoms with Crippen LogP contribution in [0.25, 0.3) is 0 Å². The first-order chi connectivity index (χ1) is 6.38. The minimum absolute atomic E-state index is 0.923. The first-order valence-electron chi connectivity index (χ1n) is 4.31. The molecule has 1 aromatic rings. The van der Waals surface area contributed by atoms with E-state index in [0.717, 1.165) is 0 Å². The fraction of sp³-hybridized carbons (Fsp3) is 0.0909. The van der Waals surface area contributed by atoms with Gasteiger partial charge in [0, 0.05) is 0 Å². The highest BCUT2D eigenvalue weighted by atomic mass is 28.3. The van der Waals surface area contributed by atoms with Gasteiger partial charge in [-0.3, -0.25) is 0 Å². The maximum Gasteiger partial charge on any atom is 0.344 e. The fourth-order valence-corrected chi connectivity index (χ4v) is 2.97. The van der Waals surface area contributed by atoms with Crippen LogP contribution in [0.3, 0.4) is 0 Å². The van der Waals surface area contributed by atoms with Crippen molar-refractivity contribution in [2.45, 2.75) is 6.92 Å². The van der Waals surface area contributed by atoms with Gasteiger partial charge >= 0.3 is 9.04 Å². The van der Waals surface area contributed by atoms with Crippen LogP contribution >= 0.6 is 0 Å². The average molecular weight is 187 g/mol. The summed E-state index contributed by atoms with van der Waals surface area (Å²) < 4.78 is 5.58. The molecule has 0 aromatic heterocycles. The Kier molecular flexibility index (Phi) is 2.32. The smallest absolute Gasteiger partial charge is 0.344 e. The molecule has 1 heterocycles. The zero-order chi connectivity index (χ0) is 9.10. The molecule has 0 fully saturated rings. The maximum absolute atomic E-state index is 5.58. The molecule has 13 heavy (non-hydrogen) atoms. The van der Waals surface area contributed by atoms with Crippen molar-refractivity contribution in [3.05, 3.63) is 53.9 Å². The first kappa shape index (κ1) is 8.32. The molecule has 1 aliphatic rings. The second kappa shape index (κ2) is 3.62. The van der Waals surface area contributed by atoms with Crippen molar-refractivity contribution in [2.75, 3.05) is 0 Å². The molecular weight excluding hydrogens is 176 g/mol. The molecule has 0 amide bonds. The highest BCUT2D eigenvalue weighted by Crippen LogP contribution is 2.02. The predicted octanol–water partition coefficient (Wildman–Crippen LogP) is 1.83. The van der Waals surface area contributed by atoms with Gasteiger partial charge in [0.1, 0.15) is 0 Å². The number of benzene rings is 1. The van der Waals surface area contributed by atoms with E-state index in [0.29, 0.717) is 0 Å². The Balaban J connectivity index is 2.30. The normalized spacial score (nSPS) is 15.8. The fourth-order valence-electron chi connectivity index (χ4n) is 1.34. The lowest BCUT2D eigenvalue weighted by molar-refractivity contribution is 0.508. The van der Waals surface area contributed by atoms with Crippen LogP contribution < -0.4 is 5.19 Å².